The van der Waals surface area contributed by atoms with Crippen molar-refractivity contribution in [1.82, 2.24) is 9.21 Å². The fourth-order valence-corrected chi connectivity index (χ4v) is 2.67. The van der Waals surface area contributed by atoms with E-state index >= 15 is 0 Å². The van der Waals surface area contributed by atoms with Crippen molar-refractivity contribution in [3.8, 4) is 0 Å². The highest BCUT2D eigenvalue weighted by Crippen LogP contribution is 2.11. The van der Waals surface area contributed by atoms with Crippen molar-refractivity contribution in [2.45, 2.75) is 25.8 Å². The maximum Gasteiger partial charge on any atom is 0.211 e. The summed E-state index contributed by atoms with van der Waals surface area (Å²) in [5, 5.41) is 0. The van der Waals surface area contributed by atoms with Gasteiger partial charge in [0.25, 0.3) is 0 Å². The normalized spacial score (nSPS) is 24.2. The lowest BCUT2D eigenvalue weighted by atomic mass is 9.99. The summed E-state index contributed by atoms with van der Waals surface area (Å²) in [4.78, 5) is 2.24. The summed E-state index contributed by atoms with van der Waals surface area (Å²) < 4.78 is 24.2. The zero-order valence-electron chi connectivity index (χ0n) is 10.4. The molecule has 0 bridgehead atoms. The number of sulfonamides is 1. The molecule has 0 aromatic rings. The standard InChI is InChI=1S/C10H23N3O2S/c1-4-10(2,11)9-12-5-7-13(8-6-12)16(3,14)15/h4-9,11H2,1-3H3. The van der Waals surface area contributed by atoms with Gasteiger partial charge >= 0.3 is 0 Å². The molecule has 2 N–H and O–H groups in total. The monoisotopic (exact) mass is 249 g/mol. The van der Waals surface area contributed by atoms with Crippen LogP contribution in [0.1, 0.15) is 20.3 Å². The van der Waals surface area contributed by atoms with Gasteiger partial charge in [-0.25, -0.2) is 8.42 Å². The van der Waals surface area contributed by atoms with Crippen molar-refractivity contribution in [2.75, 3.05) is 39.0 Å². The zero-order chi connectivity index (χ0) is 12.4. The van der Waals surface area contributed by atoms with E-state index in [0.717, 1.165) is 26.1 Å². The lowest BCUT2D eigenvalue weighted by Crippen LogP contribution is -2.54. The van der Waals surface area contributed by atoms with E-state index in [1.165, 1.54) is 10.6 Å². The van der Waals surface area contributed by atoms with Crippen LogP contribution in [0.2, 0.25) is 0 Å². The molecular formula is C10H23N3O2S. The van der Waals surface area contributed by atoms with E-state index in [1.54, 1.807) is 0 Å². The third-order valence-corrected chi connectivity index (χ3v) is 4.50. The molecule has 1 aliphatic rings. The van der Waals surface area contributed by atoms with Crippen LogP contribution in [0.5, 0.6) is 0 Å². The van der Waals surface area contributed by atoms with Crippen LogP contribution in [0.25, 0.3) is 0 Å². The zero-order valence-corrected chi connectivity index (χ0v) is 11.3. The maximum absolute atomic E-state index is 11.3. The highest BCUT2D eigenvalue weighted by molar-refractivity contribution is 7.88. The third kappa shape index (κ3) is 4.01. The molecular weight excluding hydrogens is 226 g/mol. The molecule has 0 spiro atoms. The molecule has 96 valence electrons. The Balaban J connectivity index is 2.44. The summed E-state index contributed by atoms with van der Waals surface area (Å²) in [7, 11) is -3.02. The Morgan fingerprint density at radius 1 is 1.25 bits per heavy atom. The van der Waals surface area contributed by atoms with Gasteiger partial charge in [-0.3, -0.25) is 4.90 Å². The molecule has 1 heterocycles. The topological polar surface area (TPSA) is 66.6 Å². The van der Waals surface area contributed by atoms with Gasteiger partial charge in [-0.2, -0.15) is 4.31 Å². The second kappa shape index (κ2) is 5.00. The summed E-state index contributed by atoms with van der Waals surface area (Å²) in [5.41, 5.74) is 5.92. The van der Waals surface area contributed by atoms with Gasteiger partial charge in [-0.1, -0.05) is 6.92 Å². The largest absolute Gasteiger partial charge is 0.324 e. The number of piperazine rings is 1. The van der Waals surface area contributed by atoms with Gasteiger partial charge in [0.1, 0.15) is 0 Å². The Kier molecular flexibility index (Phi) is 4.34. The average Bonchev–Trinajstić information content (AvgIpc) is 2.16. The summed E-state index contributed by atoms with van der Waals surface area (Å²) in [6.45, 7) is 7.67. The Hall–Kier alpha value is -0.170. The van der Waals surface area contributed by atoms with Crippen LogP contribution >= 0.6 is 0 Å². The lowest BCUT2D eigenvalue weighted by molar-refractivity contribution is 0.156. The molecule has 1 unspecified atom stereocenters. The molecule has 0 aliphatic carbocycles. The molecule has 0 aromatic heterocycles. The highest BCUT2D eigenvalue weighted by atomic mass is 32.2. The second-order valence-corrected chi connectivity index (χ2v) is 6.93. The Morgan fingerprint density at radius 2 is 1.75 bits per heavy atom. The van der Waals surface area contributed by atoms with Crippen molar-refractivity contribution >= 4 is 10.0 Å². The predicted molar refractivity (Wildman–Crippen MR) is 65.7 cm³/mol. The molecule has 16 heavy (non-hydrogen) atoms. The van der Waals surface area contributed by atoms with E-state index in [4.69, 9.17) is 5.73 Å². The molecule has 0 radical (unpaired) electrons. The molecule has 1 saturated heterocycles. The molecule has 1 atom stereocenters. The summed E-state index contributed by atoms with van der Waals surface area (Å²) >= 11 is 0. The number of nitrogens with zero attached hydrogens (tertiary/aromatic N) is 2. The Bertz CT molecular complexity index is 319. The van der Waals surface area contributed by atoms with E-state index in [1.807, 2.05) is 6.92 Å². The van der Waals surface area contributed by atoms with Crippen molar-refractivity contribution in [3.05, 3.63) is 0 Å². The highest BCUT2D eigenvalue weighted by Gasteiger charge is 2.26. The predicted octanol–water partition coefficient (Wildman–Crippen LogP) is -0.309. The number of hydrogen-bond acceptors (Lipinski definition) is 4. The van der Waals surface area contributed by atoms with Crippen LogP contribution in [-0.4, -0.2) is 62.1 Å². The fraction of sp³-hybridized carbons (Fsp3) is 1.00. The van der Waals surface area contributed by atoms with Gasteiger partial charge in [0, 0.05) is 38.3 Å². The van der Waals surface area contributed by atoms with E-state index in [-0.39, 0.29) is 5.54 Å². The number of nitrogens with two attached hydrogens (primary N) is 1. The van der Waals surface area contributed by atoms with E-state index in [0.29, 0.717) is 13.1 Å². The molecule has 0 aromatic carbocycles. The van der Waals surface area contributed by atoms with Crippen molar-refractivity contribution in [3.63, 3.8) is 0 Å². The third-order valence-electron chi connectivity index (χ3n) is 3.19. The molecule has 1 fully saturated rings. The van der Waals surface area contributed by atoms with Crippen LogP contribution < -0.4 is 5.73 Å². The summed E-state index contributed by atoms with van der Waals surface area (Å²) in [6.07, 6.45) is 2.20. The molecule has 0 amide bonds. The first-order valence-corrected chi connectivity index (χ1v) is 7.56. The minimum atomic E-state index is -3.02. The van der Waals surface area contributed by atoms with Crippen molar-refractivity contribution < 1.29 is 8.42 Å². The van der Waals surface area contributed by atoms with Gasteiger partial charge in [0.15, 0.2) is 0 Å². The Morgan fingerprint density at radius 3 is 2.12 bits per heavy atom. The average molecular weight is 249 g/mol. The smallest absolute Gasteiger partial charge is 0.211 e. The SMILES string of the molecule is CCC(C)(N)CN1CCN(S(C)(=O)=O)CC1. The first kappa shape index (κ1) is 13.9. The maximum atomic E-state index is 11.3. The van der Waals surface area contributed by atoms with E-state index in [2.05, 4.69) is 11.8 Å². The minimum Gasteiger partial charge on any atom is -0.324 e. The van der Waals surface area contributed by atoms with Gasteiger partial charge in [-0.15, -0.1) is 0 Å². The summed E-state index contributed by atoms with van der Waals surface area (Å²) in [5.74, 6) is 0. The fourth-order valence-electron chi connectivity index (χ4n) is 1.84. The van der Waals surface area contributed by atoms with Crippen molar-refractivity contribution in [2.24, 2.45) is 5.73 Å². The van der Waals surface area contributed by atoms with E-state index in [9.17, 15) is 8.42 Å². The first-order valence-electron chi connectivity index (χ1n) is 5.71. The molecule has 0 saturated carbocycles. The Labute approximate surface area is 98.6 Å². The number of hydrogen-bond donors (Lipinski definition) is 1. The van der Waals surface area contributed by atoms with Crippen LogP contribution in [0.15, 0.2) is 0 Å². The molecule has 1 aliphatic heterocycles. The van der Waals surface area contributed by atoms with Crippen molar-refractivity contribution in [1.29, 1.82) is 0 Å². The van der Waals surface area contributed by atoms with Crippen LogP contribution in [0.3, 0.4) is 0 Å². The second-order valence-electron chi connectivity index (χ2n) is 4.95. The number of rotatable bonds is 4. The van der Waals surface area contributed by atoms with Crippen LogP contribution in [0.4, 0.5) is 0 Å². The van der Waals surface area contributed by atoms with Gasteiger partial charge in [-0.05, 0) is 13.3 Å². The molecule has 5 nitrogen and oxygen atoms in total. The van der Waals surface area contributed by atoms with Gasteiger partial charge in [0.2, 0.25) is 10.0 Å². The van der Waals surface area contributed by atoms with E-state index < -0.39 is 10.0 Å². The summed E-state index contributed by atoms with van der Waals surface area (Å²) in [6, 6.07) is 0. The minimum absolute atomic E-state index is 0.173. The first-order chi connectivity index (χ1) is 7.24. The van der Waals surface area contributed by atoms with Crippen LogP contribution in [-0.2, 0) is 10.0 Å². The quantitative estimate of drug-likeness (QED) is 0.742. The van der Waals surface area contributed by atoms with Gasteiger partial charge < -0.3 is 5.73 Å². The van der Waals surface area contributed by atoms with Gasteiger partial charge in [0.05, 0.1) is 6.26 Å². The van der Waals surface area contributed by atoms with Crippen LogP contribution in [0, 0.1) is 0 Å². The molecule has 6 heteroatoms. The lowest BCUT2D eigenvalue weighted by Gasteiger charge is -2.37. The molecule has 1 rings (SSSR count).